The average Bonchev–Trinajstić information content (AvgIpc) is 3.03. The Labute approximate surface area is 191 Å². The van der Waals surface area contributed by atoms with Crippen LogP contribution in [0.4, 0.5) is 0 Å². The predicted octanol–water partition coefficient (Wildman–Crippen LogP) is 2.74. The Morgan fingerprint density at radius 2 is 1.31 bits per heavy atom. The van der Waals surface area contributed by atoms with Crippen LogP contribution in [0.15, 0.2) is 0 Å². The first-order chi connectivity index (χ1) is 15.5. The number of hydrogen-bond donors (Lipinski definition) is 0. The molecule has 184 valence electrons. The van der Waals surface area contributed by atoms with E-state index in [-0.39, 0.29) is 29.1 Å². The molecule has 0 radical (unpaired) electrons. The first-order valence-electron chi connectivity index (χ1n) is 11.8. The number of carbonyl (C=O) groups is 4. The van der Waals surface area contributed by atoms with Crippen LogP contribution in [-0.2, 0) is 38.1 Å². The molecule has 1 saturated carbocycles. The minimum atomic E-state index is -0.479. The topological polar surface area (TPSA) is 105 Å². The maximum Gasteiger partial charge on any atom is 0.146 e. The number of ketones is 4. The standard InChI is InChI=1S/C24H40O8/c1-3-20-18-23(27)22(24(20)28)8-4-6-21(26)7-5-10-29-12-14-31-16-17-32-15-13-30-11-9-19(2)25/h20,22H,3-18H2,1-2H3. The second kappa shape index (κ2) is 18.0. The van der Waals surface area contributed by atoms with Crippen molar-refractivity contribution in [3.8, 4) is 0 Å². The molecule has 8 heteroatoms. The zero-order chi connectivity index (χ0) is 23.6. The van der Waals surface area contributed by atoms with Crippen LogP contribution in [0.2, 0.25) is 0 Å². The van der Waals surface area contributed by atoms with Crippen LogP contribution in [0.5, 0.6) is 0 Å². The van der Waals surface area contributed by atoms with Crippen LogP contribution < -0.4 is 0 Å². The van der Waals surface area contributed by atoms with Crippen molar-refractivity contribution in [2.24, 2.45) is 11.8 Å². The van der Waals surface area contributed by atoms with E-state index in [4.69, 9.17) is 18.9 Å². The van der Waals surface area contributed by atoms with Crippen molar-refractivity contribution >= 4 is 23.1 Å². The third-order valence-corrected chi connectivity index (χ3v) is 5.48. The highest BCUT2D eigenvalue weighted by Crippen LogP contribution is 2.29. The molecule has 0 aromatic rings. The number of rotatable bonds is 21. The molecule has 1 aliphatic carbocycles. The van der Waals surface area contributed by atoms with Gasteiger partial charge in [-0.25, -0.2) is 0 Å². The Morgan fingerprint density at radius 1 is 0.781 bits per heavy atom. The van der Waals surface area contributed by atoms with E-state index in [1.165, 1.54) is 6.92 Å². The van der Waals surface area contributed by atoms with Crippen LogP contribution in [0, 0.1) is 11.8 Å². The Balaban J connectivity index is 1.84. The fraction of sp³-hybridized carbons (Fsp3) is 0.833. The lowest BCUT2D eigenvalue weighted by Gasteiger charge is -2.08. The summed E-state index contributed by atoms with van der Waals surface area (Å²) < 4.78 is 21.5. The lowest BCUT2D eigenvalue weighted by atomic mass is 9.95. The molecule has 0 aliphatic heterocycles. The van der Waals surface area contributed by atoms with Gasteiger partial charge in [-0.05, 0) is 32.6 Å². The molecule has 0 amide bonds. The summed E-state index contributed by atoms with van der Waals surface area (Å²) in [4.78, 5) is 46.7. The van der Waals surface area contributed by atoms with Gasteiger partial charge in [0.15, 0.2) is 0 Å². The van der Waals surface area contributed by atoms with Gasteiger partial charge >= 0.3 is 0 Å². The molecule has 1 fully saturated rings. The maximum atomic E-state index is 12.1. The molecule has 0 N–H and O–H groups in total. The largest absolute Gasteiger partial charge is 0.379 e. The summed E-state index contributed by atoms with van der Waals surface area (Å²) in [5.41, 5.74) is 0. The van der Waals surface area contributed by atoms with Gasteiger partial charge in [-0.2, -0.15) is 0 Å². The Kier molecular flexibility index (Phi) is 16.1. The van der Waals surface area contributed by atoms with E-state index in [1.54, 1.807) is 0 Å². The first-order valence-corrected chi connectivity index (χ1v) is 11.8. The first kappa shape index (κ1) is 28.6. The molecule has 32 heavy (non-hydrogen) atoms. The van der Waals surface area contributed by atoms with Gasteiger partial charge in [-0.1, -0.05) is 6.92 Å². The molecule has 0 spiro atoms. The highest BCUT2D eigenvalue weighted by Gasteiger charge is 2.39. The molecular formula is C24H40O8. The summed E-state index contributed by atoms with van der Waals surface area (Å²) >= 11 is 0. The monoisotopic (exact) mass is 456 g/mol. The summed E-state index contributed by atoms with van der Waals surface area (Å²) in [6.07, 6.45) is 4.15. The van der Waals surface area contributed by atoms with Crippen LogP contribution in [0.25, 0.3) is 0 Å². The SMILES string of the molecule is CCC1CC(=O)C(CCCC(=O)CCCOCCOCCOCCOCCC(C)=O)C1=O. The number of hydrogen-bond acceptors (Lipinski definition) is 8. The zero-order valence-corrected chi connectivity index (χ0v) is 19.7. The second-order valence-electron chi connectivity index (χ2n) is 8.17. The third-order valence-electron chi connectivity index (χ3n) is 5.48. The number of ether oxygens (including phenoxy) is 4. The summed E-state index contributed by atoms with van der Waals surface area (Å²) in [5, 5.41) is 0. The molecular weight excluding hydrogens is 416 g/mol. The van der Waals surface area contributed by atoms with Gasteiger partial charge in [0, 0.05) is 38.2 Å². The predicted molar refractivity (Wildman–Crippen MR) is 119 cm³/mol. The van der Waals surface area contributed by atoms with Gasteiger partial charge in [0.05, 0.1) is 52.2 Å². The van der Waals surface area contributed by atoms with E-state index in [2.05, 4.69) is 0 Å². The Hall–Kier alpha value is -1.48. The minimum absolute atomic E-state index is 0.0478. The summed E-state index contributed by atoms with van der Waals surface area (Å²) in [5.74, 6) is -0.204. The molecule has 0 bridgehead atoms. The van der Waals surface area contributed by atoms with Crippen molar-refractivity contribution in [3.05, 3.63) is 0 Å². The molecule has 0 saturated heterocycles. The second-order valence-corrected chi connectivity index (χ2v) is 8.17. The molecule has 8 nitrogen and oxygen atoms in total. The van der Waals surface area contributed by atoms with Crippen LogP contribution >= 0.6 is 0 Å². The van der Waals surface area contributed by atoms with Crippen LogP contribution in [0.1, 0.15) is 65.2 Å². The molecule has 1 rings (SSSR count). The van der Waals surface area contributed by atoms with Gasteiger partial charge in [-0.15, -0.1) is 0 Å². The van der Waals surface area contributed by atoms with Gasteiger partial charge < -0.3 is 18.9 Å². The zero-order valence-electron chi connectivity index (χ0n) is 19.7. The van der Waals surface area contributed by atoms with E-state index >= 15 is 0 Å². The summed E-state index contributed by atoms with van der Waals surface area (Å²) in [6.45, 7) is 7.22. The molecule has 0 aromatic heterocycles. The van der Waals surface area contributed by atoms with Crippen molar-refractivity contribution in [2.45, 2.75) is 65.2 Å². The van der Waals surface area contributed by atoms with E-state index in [1.807, 2.05) is 6.92 Å². The van der Waals surface area contributed by atoms with Gasteiger partial charge in [0.1, 0.15) is 23.1 Å². The maximum absolute atomic E-state index is 12.1. The molecule has 0 aromatic carbocycles. The van der Waals surface area contributed by atoms with Crippen LogP contribution in [0.3, 0.4) is 0 Å². The van der Waals surface area contributed by atoms with Crippen molar-refractivity contribution in [1.82, 2.24) is 0 Å². The molecule has 2 unspecified atom stereocenters. The smallest absolute Gasteiger partial charge is 0.146 e. The van der Waals surface area contributed by atoms with Gasteiger partial charge in [0.2, 0.25) is 0 Å². The quantitative estimate of drug-likeness (QED) is 0.192. The van der Waals surface area contributed by atoms with Gasteiger partial charge in [0.25, 0.3) is 0 Å². The van der Waals surface area contributed by atoms with E-state index < -0.39 is 5.92 Å². The lowest BCUT2D eigenvalue weighted by molar-refractivity contribution is -0.129. The van der Waals surface area contributed by atoms with E-state index in [0.29, 0.717) is 97.8 Å². The summed E-state index contributed by atoms with van der Waals surface area (Å²) in [7, 11) is 0. The molecule has 1 aliphatic rings. The fourth-order valence-corrected chi connectivity index (χ4v) is 3.56. The number of carbonyl (C=O) groups excluding carboxylic acids is 4. The Morgan fingerprint density at radius 3 is 1.84 bits per heavy atom. The van der Waals surface area contributed by atoms with Crippen molar-refractivity contribution < 1.29 is 38.1 Å². The highest BCUT2D eigenvalue weighted by molar-refractivity contribution is 6.09. The molecule has 0 heterocycles. The van der Waals surface area contributed by atoms with Crippen molar-refractivity contribution in [2.75, 3.05) is 52.9 Å². The highest BCUT2D eigenvalue weighted by atomic mass is 16.6. The lowest BCUT2D eigenvalue weighted by Crippen LogP contribution is -2.17. The Bertz CT molecular complexity index is 574. The minimum Gasteiger partial charge on any atom is -0.379 e. The number of Topliss-reactive ketones (excluding diaryl/α,β-unsaturated/α-hetero) is 4. The molecule has 2 atom stereocenters. The normalized spacial score (nSPS) is 18.4. The summed E-state index contributed by atoms with van der Waals surface area (Å²) in [6, 6.07) is 0. The fourth-order valence-electron chi connectivity index (χ4n) is 3.56. The van der Waals surface area contributed by atoms with Gasteiger partial charge in [-0.3, -0.25) is 19.2 Å². The van der Waals surface area contributed by atoms with Crippen molar-refractivity contribution in [1.29, 1.82) is 0 Å². The van der Waals surface area contributed by atoms with Crippen LogP contribution in [-0.4, -0.2) is 76.0 Å². The van der Waals surface area contributed by atoms with E-state index in [9.17, 15) is 19.2 Å². The average molecular weight is 457 g/mol. The van der Waals surface area contributed by atoms with E-state index in [0.717, 1.165) is 6.42 Å². The van der Waals surface area contributed by atoms with Crippen molar-refractivity contribution in [3.63, 3.8) is 0 Å². The third kappa shape index (κ3) is 13.2.